The first-order chi connectivity index (χ1) is 14.0. The maximum atomic E-state index is 12.9. The van der Waals surface area contributed by atoms with E-state index < -0.39 is 0 Å². The molecule has 0 N–H and O–H groups in total. The SMILES string of the molecule is CCOc1ccc(CN(C)C(=O)c2sc(COc3ccc(C)cc3)nc2C)cc1. The fourth-order valence-corrected chi connectivity index (χ4v) is 3.84. The smallest absolute Gasteiger partial charge is 0.265 e. The molecule has 0 radical (unpaired) electrons. The molecule has 0 bridgehead atoms. The molecule has 2 aromatic carbocycles. The van der Waals surface area contributed by atoms with Gasteiger partial charge in [0.1, 0.15) is 28.0 Å². The monoisotopic (exact) mass is 410 g/mol. The summed E-state index contributed by atoms with van der Waals surface area (Å²) in [7, 11) is 1.81. The van der Waals surface area contributed by atoms with E-state index in [9.17, 15) is 4.79 Å². The van der Waals surface area contributed by atoms with Crippen molar-refractivity contribution >= 4 is 17.2 Å². The van der Waals surface area contributed by atoms with Crippen LogP contribution in [-0.4, -0.2) is 29.4 Å². The van der Waals surface area contributed by atoms with Gasteiger partial charge in [0, 0.05) is 13.6 Å². The van der Waals surface area contributed by atoms with Gasteiger partial charge in [-0.2, -0.15) is 0 Å². The minimum Gasteiger partial charge on any atom is -0.494 e. The molecule has 0 unspecified atom stereocenters. The standard InChI is InChI=1S/C23H26N2O3S/c1-5-27-19-12-8-18(9-13-19)14-25(4)23(26)22-17(3)24-21(29-22)15-28-20-10-6-16(2)7-11-20/h6-13H,5,14-15H2,1-4H3. The van der Waals surface area contributed by atoms with Crippen molar-refractivity contribution in [2.24, 2.45) is 0 Å². The van der Waals surface area contributed by atoms with Crippen LogP contribution in [0, 0.1) is 13.8 Å². The van der Waals surface area contributed by atoms with Gasteiger partial charge in [-0.25, -0.2) is 4.98 Å². The van der Waals surface area contributed by atoms with E-state index in [1.54, 1.807) is 11.9 Å². The zero-order chi connectivity index (χ0) is 20.8. The molecule has 3 aromatic rings. The molecule has 1 amide bonds. The second kappa shape index (κ2) is 9.56. The Morgan fingerprint density at radius 3 is 2.28 bits per heavy atom. The van der Waals surface area contributed by atoms with E-state index in [0.29, 0.717) is 24.6 Å². The van der Waals surface area contributed by atoms with E-state index in [0.717, 1.165) is 27.8 Å². The van der Waals surface area contributed by atoms with Gasteiger partial charge in [0.05, 0.1) is 12.3 Å². The molecule has 6 heteroatoms. The third kappa shape index (κ3) is 5.57. The molecule has 1 aromatic heterocycles. The van der Waals surface area contributed by atoms with Crippen molar-refractivity contribution in [2.45, 2.75) is 33.9 Å². The summed E-state index contributed by atoms with van der Waals surface area (Å²) in [6.07, 6.45) is 0. The summed E-state index contributed by atoms with van der Waals surface area (Å²) in [6, 6.07) is 15.7. The summed E-state index contributed by atoms with van der Waals surface area (Å²) in [4.78, 5) is 19.8. The number of hydrogen-bond donors (Lipinski definition) is 0. The maximum Gasteiger partial charge on any atom is 0.265 e. The number of aryl methyl sites for hydroxylation is 2. The molecule has 5 nitrogen and oxygen atoms in total. The topological polar surface area (TPSA) is 51.7 Å². The second-order valence-electron chi connectivity index (χ2n) is 6.86. The van der Waals surface area contributed by atoms with Gasteiger partial charge in [-0.15, -0.1) is 11.3 Å². The summed E-state index contributed by atoms with van der Waals surface area (Å²) in [5, 5.41) is 0.792. The van der Waals surface area contributed by atoms with E-state index in [1.807, 2.05) is 69.3 Å². The minimum atomic E-state index is -0.0320. The number of amides is 1. The Morgan fingerprint density at radius 1 is 1.00 bits per heavy atom. The second-order valence-corrected chi connectivity index (χ2v) is 7.95. The van der Waals surface area contributed by atoms with Gasteiger partial charge in [-0.1, -0.05) is 29.8 Å². The van der Waals surface area contributed by atoms with Crippen LogP contribution in [0.4, 0.5) is 0 Å². The normalized spacial score (nSPS) is 10.6. The van der Waals surface area contributed by atoms with Gasteiger partial charge >= 0.3 is 0 Å². The number of nitrogens with zero attached hydrogens (tertiary/aromatic N) is 2. The van der Waals surface area contributed by atoms with Crippen molar-refractivity contribution in [1.29, 1.82) is 0 Å². The number of hydrogen-bond acceptors (Lipinski definition) is 5. The van der Waals surface area contributed by atoms with E-state index in [1.165, 1.54) is 16.9 Å². The number of rotatable bonds is 8. The predicted molar refractivity (Wildman–Crippen MR) is 116 cm³/mol. The van der Waals surface area contributed by atoms with Crippen LogP contribution in [0.25, 0.3) is 0 Å². The fraction of sp³-hybridized carbons (Fsp3) is 0.304. The van der Waals surface area contributed by atoms with Crippen molar-refractivity contribution in [3.8, 4) is 11.5 Å². The molecule has 29 heavy (non-hydrogen) atoms. The summed E-state index contributed by atoms with van der Waals surface area (Å²) in [5.74, 6) is 1.60. The van der Waals surface area contributed by atoms with Crippen molar-refractivity contribution < 1.29 is 14.3 Å². The number of aromatic nitrogens is 1. The van der Waals surface area contributed by atoms with Gasteiger partial charge in [-0.05, 0) is 50.6 Å². The average Bonchev–Trinajstić information content (AvgIpc) is 3.09. The fourth-order valence-electron chi connectivity index (χ4n) is 2.87. The molecule has 0 spiro atoms. The molecule has 0 aliphatic heterocycles. The Balaban J connectivity index is 1.61. The van der Waals surface area contributed by atoms with Gasteiger partial charge < -0.3 is 14.4 Å². The predicted octanol–water partition coefficient (Wildman–Crippen LogP) is 5.01. The Labute approximate surface area is 175 Å². The molecule has 1 heterocycles. The van der Waals surface area contributed by atoms with Crippen molar-refractivity contribution in [1.82, 2.24) is 9.88 Å². The molecule has 0 aliphatic carbocycles. The summed E-state index contributed by atoms with van der Waals surface area (Å²) in [5.41, 5.74) is 2.97. The summed E-state index contributed by atoms with van der Waals surface area (Å²) < 4.78 is 11.3. The number of ether oxygens (including phenoxy) is 2. The summed E-state index contributed by atoms with van der Waals surface area (Å²) in [6.45, 7) is 7.37. The van der Waals surface area contributed by atoms with E-state index in [-0.39, 0.29) is 5.91 Å². The lowest BCUT2D eigenvalue weighted by atomic mass is 10.2. The lowest BCUT2D eigenvalue weighted by molar-refractivity contribution is 0.0789. The minimum absolute atomic E-state index is 0.0320. The molecular weight excluding hydrogens is 384 g/mol. The lowest BCUT2D eigenvalue weighted by Gasteiger charge is -2.17. The van der Waals surface area contributed by atoms with Gasteiger partial charge in [0.15, 0.2) is 0 Å². The Kier molecular flexibility index (Phi) is 6.88. The highest BCUT2D eigenvalue weighted by molar-refractivity contribution is 7.13. The van der Waals surface area contributed by atoms with Crippen LogP contribution in [-0.2, 0) is 13.2 Å². The van der Waals surface area contributed by atoms with Crippen LogP contribution >= 0.6 is 11.3 Å². The van der Waals surface area contributed by atoms with Gasteiger partial charge in [0.25, 0.3) is 5.91 Å². The molecule has 3 rings (SSSR count). The first kappa shape index (κ1) is 20.9. The summed E-state index contributed by atoms with van der Waals surface area (Å²) >= 11 is 1.39. The van der Waals surface area contributed by atoms with E-state index in [4.69, 9.17) is 9.47 Å². The van der Waals surface area contributed by atoms with E-state index >= 15 is 0 Å². The van der Waals surface area contributed by atoms with Crippen molar-refractivity contribution in [3.63, 3.8) is 0 Å². The zero-order valence-electron chi connectivity index (χ0n) is 17.3. The lowest BCUT2D eigenvalue weighted by Crippen LogP contribution is -2.26. The van der Waals surface area contributed by atoms with E-state index in [2.05, 4.69) is 4.98 Å². The molecule has 152 valence electrons. The first-order valence-electron chi connectivity index (χ1n) is 9.59. The number of carbonyl (C=O) groups is 1. The van der Waals surface area contributed by atoms with Crippen LogP contribution in [0.15, 0.2) is 48.5 Å². The van der Waals surface area contributed by atoms with Gasteiger partial charge in [0.2, 0.25) is 0 Å². The third-order valence-corrected chi connectivity index (χ3v) is 5.54. The molecule has 0 saturated carbocycles. The van der Waals surface area contributed by atoms with Gasteiger partial charge in [-0.3, -0.25) is 4.79 Å². The Hall–Kier alpha value is -2.86. The van der Waals surface area contributed by atoms with Crippen molar-refractivity contribution in [3.05, 3.63) is 75.2 Å². The molecule has 0 atom stereocenters. The van der Waals surface area contributed by atoms with Crippen LogP contribution in [0.3, 0.4) is 0 Å². The molecular formula is C23H26N2O3S. The molecule has 0 aliphatic rings. The van der Waals surface area contributed by atoms with Crippen LogP contribution in [0.1, 0.15) is 38.4 Å². The number of thiazole rings is 1. The highest BCUT2D eigenvalue weighted by Gasteiger charge is 2.19. The third-order valence-electron chi connectivity index (χ3n) is 4.42. The number of benzene rings is 2. The maximum absolute atomic E-state index is 12.9. The Morgan fingerprint density at radius 2 is 1.62 bits per heavy atom. The molecule has 0 saturated heterocycles. The molecule has 0 fully saturated rings. The Bertz CT molecular complexity index is 949. The van der Waals surface area contributed by atoms with Crippen LogP contribution < -0.4 is 9.47 Å². The van der Waals surface area contributed by atoms with Crippen LogP contribution in [0.5, 0.6) is 11.5 Å². The first-order valence-corrected chi connectivity index (χ1v) is 10.4. The largest absolute Gasteiger partial charge is 0.494 e. The quantitative estimate of drug-likeness (QED) is 0.524. The zero-order valence-corrected chi connectivity index (χ0v) is 18.1. The van der Waals surface area contributed by atoms with Crippen LogP contribution in [0.2, 0.25) is 0 Å². The van der Waals surface area contributed by atoms with Crippen molar-refractivity contribution in [2.75, 3.05) is 13.7 Å². The highest BCUT2D eigenvalue weighted by atomic mass is 32.1. The highest BCUT2D eigenvalue weighted by Crippen LogP contribution is 2.23. The number of carbonyl (C=O) groups excluding carboxylic acids is 1. The average molecular weight is 411 g/mol.